The van der Waals surface area contributed by atoms with Crippen molar-refractivity contribution in [3.8, 4) is 0 Å². The van der Waals surface area contributed by atoms with Crippen molar-refractivity contribution in [2.45, 2.75) is 56.4 Å². The number of hydrogen-bond acceptors (Lipinski definition) is 2. The van der Waals surface area contributed by atoms with Crippen LogP contribution in [-0.2, 0) is 0 Å². The summed E-state index contributed by atoms with van der Waals surface area (Å²) in [6.45, 7) is 0.362. The van der Waals surface area contributed by atoms with Crippen molar-refractivity contribution < 1.29 is 13.2 Å². The second-order valence-corrected chi connectivity index (χ2v) is 6.65. The molecule has 2 nitrogen and oxygen atoms in total. The summed E-state index contributed by atoms with van der Waals surface area (Å²) >= 11 is 0. The van der Waals surface area contributed by atoms with E-state index in [1.54, 1.807) is 0 Å². The summed E-state index contributed by atoms with van der Waals surface area (Å²) in [5.41, 5.74) is 5.88. The van der Waals surface area contributed by atoms with Crippen LogP contribution >= 0.6 is 0 Å². The fourth-order valence-corrected chi connectivity index (χ4v) is 3.93. The third kappa shape index (κ3) is 3.09. The molecular formula is C17H23F3N2. The summed E-state index contributed by atoms with van der Waals surface area (Å²) in [5, 5.41) is 0. The fourth-order valence-electron chi connectivity index (χ4n) is 3.93. The van der Waals surface area contributed by atoms with E-state index in [1.165, 1.54) is 18.6 Å². The smallest absolute Gasteiger partial charge is 0.267 e. The van der Waals surface area contributed by atoms with Gasteiger partial charge >= 0.3 is 0 Å². The topological polar surface area (TPSA) is 29.3 Å². The lowest BCUT2D eigenvalue weighted by Crippen LogP contribution is -2.51. The largest absolute Gasteiger partial charge is 0.399 e. The van der Waals surface area contributed by atoms with Crippen LogP contribution in [0.3, 0.4) is 0 Å². The molecule has 1 unspecified atom stereocenters. The monoisotopic (exact) mass is 312 g/mol. The molecule has 1 aliphatic carbocycles. The number of nitrogen functional groups attached to an aromatic ring is 1. The quantitative estimate of drug-likeness (QED) is 0.831. The number of rotatable bonds is 2. The Balaban J connectivity index is 1.75. The van der Waals surface area contributed by atoms with Gasteiger partial charge in [0.15, 0.2) is 0 Å². The molecule has 1 saturated heterocycles. The van der Waals surface area contributed by atoms with E-state index in [0.717, 1.165) is 31.7 Å². The zero-order chi connectivity index (χ0) is 15.7. The van der Waals surface area contributed by atoms with Crippen LogP contribution in [0.5, 0.6) is 0 Å². The third-order valence-corrected chi connectivity index (χ3v) is 5.12. The normalized spacial score (nSPS) is 27.0. The van der Waals surface area contributed by atoms with Gasteiger partial charge in [0.1, 0.15) is 5.82 Å². The molecule has 0 spiro atoms. The number of likely N-dealkylation sites (tertiary alicyclic amines) is 1. The van der Waals surface area contributed by atoms with Crippen molar-refractivity contribution in [1.82, 2.24) is 4.90 Å². The highest BCUT2D eigenvalue weighted by Gasteiger charge is 2.47. The number of halogens is 3. The molecule has 1 saturated carbocycles. The summed E-state index contributed by atoms with van der Waals surface area (Å²) < 4.78 is 43.2. The van der Waals surface area contributed by atoms with Crippen molar-refractivity contribution >= 4 is 5.69 Å². The average molecular weight is 312 g/mol. The van der Waals surface area contributed by atoms with E-state index in [4.69, 9.17) is 5.73 Å². The maximum absolute atomic E-state index is 14.6. The van der Waals surface area contributed by atoms with Gasteiger partial charge in [-0.3, -0.25) is 4.90 Å². The molecule has 1 aliphatic heterocycles. The van der Waals surface area contributed by atoms with E-state index in [0.29, 0.717) is 13.0 Å². The van der Waals surface area contributed by atoms with Crippen LogP contribution in [0.4, 0.5) is 18.9 Å². The van der Waals surface area contributed by atoms with Crippen molar-refractivity contribution in [3.05, 3.63) is 29.6 Å². The van der Waals surface area contributed by atoms with E-state index in [2.05, 4.69) is 0 Å². The van der Waals surface area contributed by atoms with E-state index >= 15 is 0 Å². The standard InChI is InChI=1S/C17H23F3N2/c18-16-10-12(21)6-7-14(16)15-8-9-22(11-17(15,19)20)13-4-2-1-3-5-13/h6-7,10,13,15H,1-5,8-9,11,21H2. The Hall–Kier alpha value is -1.23. The lowest BCUT2D eigenvalue weighted by molar-refractivity contribution is -0.0964. The Labute approximate surface area is 129 Å². The summed E-state index contributed by atoms with van der Waals surface area (Å²) in [4.78, 5) is 1.92. The van der Waals surface area contributed by atoms with E-state index in [-0.39, 0.29) is 23.8 Å². The Morgan fingerprint density at radius 1 is 1.09 bits per heavy atom. The molecular weight excluding hydrogens is 289 g/mol. The number of nitrogens with two attached hydrogens (primary N) is 1. The molecule has 1 atom stereocenters. The molecule has 2 fully saturated rings. The first-order valence-corrected chi connectivity index (χ1v) is 8.14. The SMILES string of the molecule is Nc1ccc(C2CCN(C3CCCCC3)CC2(F)F)c(F)c1. The van der Waals surface area contributed by atoms with Crippen LogP contribution in [0.1, 0.15) is 50.0 Å². The molecule has 1 aromatic rings. The number of piperidine rings is 1. The molecule has 0 radical (unpaired) electrons. The van der Waals surface area contributed by atoms with Gasteiger partial charge in [-0.1, -0.05) is 25.3 Å². The van der Waals surface area contributed by atoms with Crippen LogP contribution < -0.4 is 5.73 Å². The predicted molar refractivity (Wildman–Crippen MR) is 81.6 cm³/mol. The maximum atomic E-state index is 14.6. The lowest BCUT2D eigenvalue weighted by Gasteiger charge is -2.43. The Morgan fingerprint density at radius 2 is 1.82 bits per heavy atom. The molecule has 22 heavy (non-hydrogen) atoms. The molecule has 5 heteroatoms. The minimum absolute atomic E-state index is 0.0995. The highest BCUT2D eigenvalue weighted by Crippen LogP contribution is 2.42. The van der Waals surface area contributed by atoms with Crippen molar-refractivity contribution in [3.63, 3.8) is 0 Å². The Bertz CT molecular complexity index is 527. The molecule has 3 rings (SSSR count). The van der Waals surface area contributed by atoms with Crippen LogP contribution in [-0.4, -0.2) is 30.0 Å². The number of nitrogens with zero attached hydrogens (tertiary/aromatic N) is 1. The second kappa shape index (κ2) is 6.11. The van der Waals surface area contributed by atoms with Gasteiger partial charge in [-0.2, -0.15) is 0 Å². The fraction of sp³-hybridized carbons (Fsp3) is 0.647. The van der Waals surface area contributed by atoms with Crippen molar-refractivity contribution in [1.29, 1.82) is 0 Å². The summed E-state index contributed by atoms with van der Waals surface area (Å²) in [6, 6.07) is 4.33. The van der Waals surface area contributed by atoms with Crippen LogP contribution in [0.25, 0.3) is 0 Å². The van der Waals surface area contributed by atoms with Gasteiger partial charge in [-0.25, -0.2) is 13.2 Å². The number of alkyl halides is 2. The summed E-state index contributed by atoms with van der Waals surface area (Å²) in [6.07, 6.45) is 5.78. The molecule has 0 bridgehead atoms. The predicted octanol–water partition coefficient (Wildman–Crippen LogP) is 4.17. The molecule has 0 aromatic heterocycles. The van der Waals surface area contributed by atoms with Gasteiger partial charge in [0, 0.05) is 11.7 Å². The van der Waals surface area contributed by atoms with Crippen LogP contribution in [0.2, 0.25) is 0 Å². The van der Waals surface area contributed by atoms with Crippen molar-refractivity contribution in [2.75, 3.05) is 18.8 Å². The van der Waals surface area contributed by atoms with Gasteiger partial charge in [0.05, 0.1) is 12.5 Å². The van der Waals surface area contributed by atoms with Gasteiger partial charge < -0.3 is 5.73 Å². The zero-order valence-corrected chi connectivity index (χ0v) is 12.7. The van der Waals surface area contributed by atoms with Gasteiger partial charge in [0.25, 0.3) is 5.92 Å². The first kappa shape index (κ1) is 15.7. The Kier molecular flexibility index (Phi) is 4.35. The Morgan fingerprint density at radius 3 is 2.45 bits per heavy atom. The summed E-state index contributed by atoms with van der Waals surface area (Å²) in [5.74, 6) is -4.56. The average Bonchev–Trinajstić information content (AvgIpc) is 2.48. The van der Waals surface area contributed by atoms with E-state index < -0.39 is 17.7 Å². The molecule has 1 heterocycles. The van der Waals surface area contributed by atoms with Gasteiger partial charge in [-0.15, -0.1) is 0 Å². The minimum Gasteiger partial charge on any atom is -0.399 e. The highest BCUT2D eigenvalue weighted by atomic mass is 19.3. The van der Waals surface area contributed by atoms with E-state index in [1.807, 2.05) is 4.90 Å². The first-order valence-electron chi connectivity index (χ1n) is 8.14. The molecule has 2 aliphatic rings. The lowest BCUT2D eigenvalue weighted by atomic mass is 9.84. The van der Waals surface area contributed by atoms with Gasteiger partial charge in [0.2, 0.25) is 0 Å². The number of anilines is 1. The zero-order valence-electron chi connectivity index (χ0n) is 12.7. The number of hydrogen-bond donors (Lipinski definition) is 1. The molecule has 2 N–H and O–H groups in total. The van der Waals surface area contributed by atoms with Gasteiger partial charge in [-0.05, 0) is 43.5 Å². The first-order chi connectivity index (χ1) is 10.5. The number of benzene rings is 1. The molecule has 0 amide bonds. The maximum Gasteiger partial charge on any atom is 0.267 e. The van der Waals surface area contributed by atoms with Crippen LogP contribution in [0, 0.1) is 5.82 Å². The molecule has 1 aromatic carbocycles. The third-order valence-electron chi connectivity index (χ3n) is 5.12. The molecule has 122 valence electrons. The van der Waals surface area contributed by atoms with Crippen molar-refractivity contribution in [2.24, 2.45) is 0 Å². The summed E-state index contributed by atoms with van der Waals surface area (Å²) in [7, 11) is 0. The van der Waals surface area contributed by atoms with E-state index in [9.17, 15) is 13.2 Å². The highest BCUT2D eigenvalue weighted by molar-refractivity contribution is 5.42. The van der Waals surface area contributed by atoms with Crippen LogP contribution in [0.15, 0.2) is 18.2 Å². The minimum atomic E-state index is -2.90. The second-order valence-electron chi connectivity index (χ2n) is 6.65.